The van der Waals surface area contributed by atoms with Crippen LogP contribution in [0.2, 0.25) is 0 Å². The van der Waals surface area contributed by atoms with Gasteiger partial charge in [0.25, 0.3) is 0 Å². The first-order valence-corrected chi connectivity index (χ1v) is 9.29. The third kappa shape index (κ3) is 3.54. The fourth-order valence-electron chi connectivity index (χ4n) is 3.26. The van der Waals surface area contributed by atoms with Crippen molar-refractivity contribution in [2.75, 3.05) is 25.0 Å². The van der Waals surface area contributed by atoms with Crippen LogP contribution in [0.1, 0.15) is 24.6 Å². The molecule has 4 heterocycles. The molecule has 1 aliphatic heterocycles. The Morgan fingerprint density at radius 3 is 2.96 bits per heavy atom. The Bertz CT molecular complexity index is 880. The van der Waals surface area contributed by atoms with Gasteiger partial charge in [-0.25, -0.2) is 15.0 Å². The lowest BCUT2D eigenvalue weighted by atomic mass is 10.0. The van der Waals surface area contributed by atoms with E-state index in [-0.39, 0.29) is 5.91 Å². The molecule has 4 rings (SSSR count). The number of amides is 1. The van der Waals surface area contributed by atoms with Crippen LogP contribution in [0.5, 0.6) is 0 Å². The normalized spacial score (nSPS) is 16.4. The number of nitrogens with zero attached hydrogens (tertiary/aromatic N) is 5. The van der Waals surface area contributed by atoms with Crippen molar-refractivity contribution in [3.63, 3.8) is 0 Å². The Labute approximate surface area is 149 Å². The van der Waals surface area contributed by atoms with Crippen molar-refractivity contribution in [1.29, 1.82) is 0 Å². The number of hydrogen-bond donors (Lipinski definition) is 1. The van der Waals surface area contributed by atoms with Crippen LogP contribution in [0.25, 0.3) is 11.2 Å². The van der Waals surface area contributed by atoms with Gasteiger partial charge in [0.05, 0.1) is 18.6 Å². The van der Waals surface area contributed by atoms with Gasteiger partial charge in [-0.15, -0.1) is 11.3 Å². The number of aromatic nitrogens is 4. The molecule has 1 N–H and O–H groups in total. The molecule has 130 valence electrons. The molecule has 7 nitrogen and oxygen atoms in total. The molecule has 0 bridgehead atoms. The number of hydrogen-bond acceptors (Lipinski definition) is 6. The van der Waals surface area contributed by atoms with Gasteiger partial charge in [0.2, 0.25) is 5.91 Å². The molecule has 0 atom stereocenters. The molecule has 3 aromatic heterocycles. The summed E-state index contributed by atoms with van der Waals surface area (Å²) in [4.78, 5) is 27.5. The summed E-state index contributed by atoms with van der Waals surface area (Å²) < 4.78 is 2.17. The number of carbonyl (C=O) groups is 1. The van der Waals surface area contributed by atoms with Crippen molar-refractivity contribution in [2.24, 2.45) is 0 Å². The van der Waals surface area contributed by atoms with Gasteiger partial charge < -0.3 is 9.88 Å². The number of carbonyl (C=O) groups excluding carboxylic acids is 1. The Balaban J connectivity index is 1.33. The molecule has 1 fully saturated rings. The van der Waals surface area contributed by atoms with Crippen molar-refractivity contribution in [2.45, 2.75) is 25.8 Å². The number of likely N-dealkylation sites (tertiary alicyclic amines) is 1. The predicted octanol–water partition coefficient (Wildman–Crippen LogP) is 2.47. The van der Waals surface area contributed by atoms with Crippen molar-refractivity contribution in [3.05, 3.63) is 35.7 Å². The Morgan fingerprint density at radius 1 is 1.36 bits per heavy atom. The Kier molecular flexibility index (Phi) is 4.46. The molecule has 25 heavy (non-hydrogen) atoms. The quantitative estimate of drug-likeness (QED) is 0.777. The molecular formula is C17H20N6OS. The Morgan fingerprint density at radius 2 is 2.20 bits per heavy atom. The molecule has 0 radical (unpaired) electrons. The van der Waals surface area contributed by atoms with Crippen LogP contribution >= 0.6 is 11.3 Å². The smallest absolute Gasteiger partial charge is 0.240 e. The van der Waals surface area contributed by atoms with E-state index in [1.165, 1.54) is 11.3 Å². The molecule has 1 amide bonds. The van der Waals surface area contributed by atoms with Crippen LogP contribution in [0, 0.1) is 6.92 Å². The average molecular weight is 356 g/mol. The van der Waals surface area contributed by atoms with E-state index in [4.69, 9.17) is 0 Å². The van der Waals surface area contributed by atoms with E-state index >= 15 is 0 Å². The van der Waals surface area contributed by atoms with Crippen LogP contribution in [-0.2, 0) is 4.79 Å². The van der Waals surface area contributed by atoms with Gasteiger partial charge in [-0.2, -0.15) is 0 Å². The zero-order valence-electron chi connectivity index (χ0n) is 14.1. The van der Waals surface area contributed by atoms with Crippen LogP contribution in [-0.4, -0.2) is 50.0 Å². The summed E-state index contributed by atoms with van der Waals surface area (Å²) >= 11 is 1.46. The van der Waals surface area contributed by atoms with E-state index in [2.05, 4.69) is 29.7 Å². The first kappa shape index (κ1) is 16.2. The summed E-state index contributed by atoms with van der Waals surface area (Å²) in [7, 11) is 0. The van der Waals surface area contributed by atoms with Crippen LogP contribution in [0.15, 0.2) is 30.0 Å². The molecule has 0 aromatic carbocycles. The highest BCUT2D eigenvalue weighted by Crippen LogP contribution is 2.25. The van der Waals surface area contributed by atoms with E-state index in [1.54, 1.807) is 6.20 Å². The Hall–Kier alpha value is -2.32. The molecule has 3 aromatic rings. The SMILES string of the molecule is Cc1csc(NC(=O)CN2CCC(n3cnc4cccnc43)CC2)n1. The monoisotopic (exact) mass is 356 g/mol. The third-order valence-corrected chi connectivity index (χ3v) is 5.39. The number of imidazole rings is 1. The zero-order chi connectivity index (χ0) is 17.2. The molecule has 8 heteroatoms. The summed E-state index contributed by atoms with van der Waals surface area (Å²) in [6.45, 7) is 4.11. The highest BCUT2D eigenvalue weighted by Gasteiger charge is 2.23. The first-order chi connectivity index (χ1) is 12.2. The van der Waals surface area contributed by atoms with Gasteiger partial charge in [0, 0.05) is 30.7 Å². The minimum absolute atomic E-state index is 0.00236. The second-order valence-electron chi connectivity index (χ2n) is 6.35. The largest absolute Gasteiger partial charge is 0.312 e. The van der Waals surface area contributed by atoms with E-state index < -0.39 is 0 Å². The van der Waals surface area contributed by atoms with E-state index in [0.29, 0.717) is 17.7 Å². The summed E-state index contributed by atoms with van der Waals surface area (Å²) in [5.41, 5.74) is 2.81. The lowest BCUT2D eigenvalue weighted by Gasteiger charge is -2.32. The minimum Gasteiger partial charge on any atom is -0.312 e. The molecule has 1 aliphatic rings. The molecule has 0 aliphatic carbocycles. The minimum atomic E-state index is 0.00236. The number of rotatable bonds is 4. The summed E-state index contributed by atoms with van der Waals surface area (Å²) in [5, 5.41) is 5.48. The number of aryl methyl sites for hydroxylation is 1. The maximum Gasteiger partial charge on any atom is 0.240 e. The number of nitrogens with one attached hydrogen (secondary N) is 1. The van der Waals surface area contributed by atoms with E-state index in [0.717, 1.165) is 42.8 Å². The highest BCUT2D eigenvalue weighted by atomic mass is 32.1. The van der Waals surface area contributed by atoms with Gasteiger partial charge in [0.15, 0.2) is 10.8 Å². The summed E-state index contributed by atoms with van der Waals surface area (Å²) in [6, 6.07) is 4.28. The van der Waals surface area contributed by atoms with E-state index in [1.807, 2.05) is 30.8 Å². The predicted molar refractivity (Wildman–Crippen MR) is 97.7 cm³/mol. The second kappa shape index (κ2) is 6.89. The number of pyridine rings is 1. The number of fused-ring (bicyclic) bond motifs is 1. The van der Waals surface area contributed by atoms with Crippen LogP contribution < -0.4 is 5.32 Å². The fraction of sp³-hybridized carbons (Fsp3) is 0.412. The zero-order valence-corrected chi connectivity index (χ0v) is 14.9. The number of thiazole rings is 1. The van der Waals surface area contributed by atoms with Gasteiger partial charge in [-0.1, -0.05) is 0 Å². The topological polar surface area (TPSA) is 75.9 Å². The molecule has 0 spiro atoms. The standard InChI is InChI=1S/C17H20N6OS/c1-12-10-25-17(20-12)21-15(24)9-22-7-4-13(5-8-22)23-11-19-14-3-2-6-18-16(14)23/h2-3,6,10-11,13H,4-5,7-9H2,1H3,(H,20,21,24). The third-order valence-electron chi connectivity index (χ3n) is 4.51. The number of piperidine rings is 1. The van der Waals surface area contributed by atoms with Gasteiger partial charge in [-0.3, -0.25) is 9.69 Å². The second-order valence-corrected chi connectivity index (χ2v) is 7.21. The van der Waals surface area contributed by atoms with E-state index in [9.17, 15) is 4.79 Å². The maximum atomic E-state index is 12.2. The van der Waals surface area contributed by atoms with Crippen molar-refractivity contribution >= 4 is 33.5 Å². The fourth-order valence-corrected chi connectivity index (χ4v) is 3.97. The average Bonchev–Trinajstić information content (AvgIpc) is 3.22. The van der Waals surface area contributed by atoms with Crippen molar-refractivity contribution in [1.82, 2.24) is 24.4 Å². The molecule has 0 saturated carbocycles. The van der Waals surface area contributed by atoms with Crippen LogP contribution in [0.4, 0.5) is 5.13 Å². The van der Waals surface area contributed by atoms with Crippen LogP contribution in [0.3, 0.4) is 0 Å². The highest BCUT2D eigenvalue weighted by molar-refractivity contribution is 7.13. The molecule has 0 unspecified atom stereocenters. The lowest BCUT2D eigenvalue weighted by molar-refractivity contribution is -0.117. The van der Waals surface area contributed by atoms with Gasteiger partial charge in [0.1, 0.15) is 5.52 Å². The first-order valence-electron chi connectivity index (χ1n) is 8.41. The summed E-state index contributed by atoms with van der Waals surface area (Å²) in [5.74, 6) is 0.00236. The molecular weight excluding hydrogens is 336 g/mol. The summed E-state index contributed by atoms with van der Waals surface area (Å²) in [6.07, 6.45) is 5.67. The van der Waals surface area contributed by atoms with Gasteiger partial charge in [-0.05, 0) is 31.9 Å². The van der Waals surface area contributed by atoms with Gasteiger partial charge >= 0.3 is 0 Å². The maximum absolute atomic E-state index is 12.2. The lowest BCUT2D eigenvalue weighted by Crippen LogP contribution is -2.39. The molecule has 1 saturated heterocycles. The van der Waals surface area contributed by atoms with Crippen molar-refractivity contribution in [3.8, 4) is 0 Å². The number of anilines is 1. The van der Waals surface area contributed by atoms with Crippen molar-refractivity contribution < 1.29 is 4.79 Å².